The highest BCUT2D eigenvalue weighted by Crippen LogP contribution is 2.32. The quantitative estimate of drug-likeness (QED) is 0.685. The average molecular weight is 392 g/mol. The first kappa shape index (κ1) is 19.0. The zero-order chi connectivity index (χ0) is 20.2. The largest absolute Gasteiger partial charge is 0.339 e. The Kier molecular flexibility index (Phi) is 5.50. The second-order valence-electron chi connectivity index (χ2n) is 7.24. The van der Waals surface area contributed by atoms with E-state index in [2.05, 4.69) is 25.4 Å². The number of aryl methyl sites for hydroxylation is 3. The van der Waals surface area contributed by atoms with Crippen molar-refractivity contribution in [3.8, 4) is 0 Å². The lowest BCUT2D eigenvalue weighted by Gasteiger charge is -2.24. The number of aromatic nitrogens is 4. The minimum absolute atomic E-state index is 0.0121. The standard InChI is InChI=1S/C21H24N6O2/c1-14-5-3-7-19(23-14)25-16-8-9-17(22-13-16)18-6-4-12-27(18)21(28)11-10-20-24-15(2)26-29-20/h3,5,7-9,13,18H,4,6,10-12H2,1-2H3,(H,23,25)/t18-/m0/s1. The van der Waals surface area contributed by atoms with Gasteiger partial charge >= 0.3 is 0 Å². The summed E-state index contributed by atoms with van der Waals surface area (Å²) in [5.41, 5.74) is 2.73. The van der Waals surface area contributed by atoms with Gasteiger partial charge in [-0.3, -0.25) is 9.78 Å². The summed E-state index contributed by atoms with van der Waals surface area (Å²) >= 11 is 0. The highest BCUT2D eigenvalue weighted by molar-refractivity contribution is 5.77. The van der Waals surface area contributed by atoms with Gasteiger partial charge in [-0.05, 0) is 51.0 Å². The number of rotatable bonds is 6. The van der Waals surface area contributed by atoms with E-state index in [9.17, 15) is 4.79 Å². The molecular weight excluding hydrogens is 368 g/mol. The Morgan fingerprint density at radius 3 is 2.86 bits per heavy atom. The maximum atomic E-state index is 12.7. The normalized spacial score (nSPS) is 16.2. The molecule has 0 spiro atoms. The molecule has 8 heteroatoms. The summed E-state index contributed by atoms with van der Waals surface area (Å²) in [5, 5.41) is 7.03. The minimum Gasteiger partial charge on any atom is -0.339 e. The SMILES string of the molecule is Cc1cccc(Nc2ccc([C@@H]3CCCN3C(=O)CCc3nc(C)no3)nc2)n1. The molecule has 1 atom stereocenters. The monoisotopic (exact) mass is 392 g/mol. The molecule has 0 unspecified atom stereocenters. The molecule has 4 heterocycles. The minimum atomic E-state index is 0.0121. The Hall–Kier alpha value is -3.29. The lowest BCUT2D eigenvalue weighted by Crippen LogP contribution is -2.31. The average Bonchev–Trinajstić information content (AvgIpc) is 3.36. The number of nitrogens with zero attached hydrogens (tertiary/aromatic N) is 5. The third kappa shape index (κ3) is 4.59. The van der Waals surface area contributed by atoms with Crippen LogP contribution in [0.2, 0.25) is 0 Å². The molecule has 0 aliphatic carbocycles. The van der Waals surface area contributed by atoms with Gasteiger partial charge in [-0.15, -0.1) is 0 Å². The van der Waals surface area contributed by atoms with Crippen molar-refractivity contribution < 1.29 is 9.32 Å². The fraction of sp³-hybridized carbons (Fsp3) is 0.381. The first-order valence-electron chi connectivity index (χ1n) is 9.84. The molecule has 0 bridgehead atoms. The van der Waals surface area contributed by atoms with Crippen molar-refractivity contribution in [1.29, 1.82) is 0 Å². The molecule has 0 aromatic carbocycles. The molecular formula is C21H24N6O2. The molecule has 4 rings (SSSR count). The van der Waals surface area contributed by atoms with Gasteiger partial charge < -0.3 is 14.7 Å². The maximum Gasteiger partial charge on any atom is 0.227 e. The second kappa shape index (κ2) is 8.38. The Bertz CT molecular complexity index is 985. The summed E-state index contributed by atoms with van der Waals surface area (Å²) < 4.78 is 5.10. The lowest BCUT2D eigenvalue weighted by atomic mass is 10.1. The van der Waals surface area contributed by atoms with Crippen LogP contribution in [0, 0.1) is 13.8 Å². The van der Waals surface area contributed by atoms with Crippen molar-refractivity contribution in [3.05, 3.63) is 59.6 Å². The third-order valence-corrected chi connectivity index (χ3v) is 4.98. The van der Waals surface area contributed by atoms with E-state index in [1.54, 1.807) is 13.1 Å². The Morgan fingerprint density at radius 1 is 1.24 bits per heavy atom. The van der Waals surface area contributed by atoms with Gasteiger partial charge in [0.1, 0.15) is 5.82 Å². The molecule has 0 radical (unpaired) electrons. The summed E-state index contributed by atoms with van der Waals surface area (Å²) in [7, 11) is 0. The van der Waals surface area contributed by atoms with Crippen LogP contribution in [-0.4, -0.2) is 37.5 Å². The third-order valence-electron chi connectivity index (χ3n) is 4.98. The van der Waals surface area contributed by atoms with Gasteiger partial charge in [0.05, 0.1) is 23.6 Å². The van der Waals surface area contributed by atoms with Crippen LogP contribution in [0.25, 0.3) is 0 Å². The van der Waals surface area contributed by atoms with Crippen LogP contribution < -0.4 is 5.32 Å². The van der Waals surface area contributed by atoms with E-state index in [1.165, 1.54) is 0 Å². The van der Waals surface area contributed by atoms with Crippen molar-refractivity contribution in [2.75, 3.05) is 11.9 Å². The van der Waals surface area contributed by atoms with Crippen LogP contribution in [-0.2, 0) is 11.2 Å². The molecule has 8 nitrogen and oxygen atoms in total. The van der Waals surface area contributed by atoms with E-state index in [0.717, 1.165) is 42.3 Å². The number of likely N-dealkylation sites (tertiary alicyclic amines) is 1. The lowest BCUT2D eigenvalue weighted by molar-refractivity contribution is -0.132. The van der Waals surface area contributed by atoms with E-state index in [1.807, 2.05) is 42.2 Å². The van der Waals surface area contributed by atoms with Crippen LogP contribution in [0.1, 0.15) is 48.4 Å². The van der Waals surface area contributed by atoms with Gasteiger partial charge in [0, 0.05) is 25.1 Å². The topological polar surface area (TPSA) is 97.0 Å². The number of carbonyl (C=O) groups is 1. The van der Waals surface area contributed by atoms with E-state index in [4.69, 9.17) is 4.52 Å². The smallest absolute Gasteiger partial charge is 0.227 e. The number of pyridine rings is 2. The predicted octanol–water partition coefficient (Wildman–Crippen LogP) is 3.52. The highest BCUT2D eigenvalue weighted by Gasteiger charge is 2.30. The molecule has 150 valence electrons. The molecule has 1 N–H and O–H groups in total. The number of hydrogen-bond acceptors (Lipinski definition) is 7. The molecule has 1 saturated heterocycles. The Morgan fingerprint density at radius 2 is 2.14 bits per heavy atom. The number of carbonyl (C=O) groups excluding carboxylic acids is 1. The number of anilines is 2. The first-order chi connectivity index (χ1) is 14.1. The van der Waals surface area contributed by atoms with Crippen LogP contribution in [0.15, 0.2) is 41.1 Å². The van der Waals surface area contributed by atoms with Crippen molar-refractivity contribution in [3.63, 3.8) is 0 Å². The van der Waals surface area contributed by atoms with E-state index in [0.29, 0.717) is 24.6 Å². The van der Waals surface area contributed by atoms with Crippen LogP contribution in [0.5, 0.6) is 0 Å². The summed E-state index contributed by atoms with van der Waals surface area (Å²) in [4.78, 5) is 27.9. The van der Waals surface area contributed by atoms with Crippen molar-refractivity contribution in [2.45, 2.75) is 45.6 Å². The molecule has 1 aliphatic rings. The molecule has 1 amide bonds. The number of hydrogen-bond donors (Lipinski definition) is 1. The van der Waals surface area contributed by atoms with Crippen molar-refractivity contribution in [1.82, 2.24) is 25.0 Å². The van der Waals surface area contributed by atoms with E-state index < -0.39 is 0 Å². The maximum absolute atomic E-state index is 12.7. The van der Waals surface area contributed by atoms with Crippen molar-refractivity contribution in [2.24, 2.45) is 0 Å². The molecule has 29 heavy (non-hydrogen) atoms. The van der Waals surface area contributed by atoms with E-state index >= 15 is 0 Å². The van der Waals surface area contributed by atoms with Crippen LogP contribution in [0.4, 0.5) is 11.5 Å². The zero-order valence-corrected chi connectivity index (χ0v) is 16.6. The van der Waals surface area contributed by atoms with Gasteiger partial charge in [-0.25, -0.2) is 4.98 Å². The van der Waals surface area contributed by atoms with Gasteiger partial charge in [0.15, 0.2) is 5.82 Å². The van der Waals surface area contributed by atoms with Gasteiger partial charge in [0.2, 0.25) is 11.8 Å². The summed E-state index contributed by atoms with van der Waals surface area (Å²) in [6.07, 6.45) is 4.51. The van der Waals surface area contributed by atoms with E-state index in [-0.39, 0.29) is 11.9 Å². The molecule has 1 aliphatic heterocycles. The number of amides is 1. The summed E-state index contributed by atoms with van der Waals surface area (Å²) in [5.74, 6) is 1.97. The second-order valence-corrected chi connectivity index (χ2v) is 7.24. The first-order valence-corrected chi connectivity index (χ1v) is 9.84. The van der Waals surface area contributed by atoms with Crippen LogP contribution >= 0.6 is 0 Å². The van der Waals surface area contributed by atoms with Gasteiger partial charge in [0.25, 0.3) is 0 Å². The van der Waals surface area contributed by atoms with Gasteiger partial charge in [-0.2, -0.15) is 4.98 Å². The Labute approximate surface area is 169 Å². The van der Waals surface area contributed by atoms with Crippen LogP contribution in [0.3, 0.4) is 0 Å². The van der Waals surface area contributed by atoms with Gasteiger partial charge in [-0.1, -0.05) is 11.2 Å². The van der Waals surface area contributed by atoms with Crippen molar-refractivity contribution >= 4 is 17.4 Å². The zero-order valence-electron chi connectivity index (χ0n) is 16.6. The molecule has 1 fully saturated rings. The molecule has 3 aromatic heterocycles. The predicted molar refractivity (Wildman–Crippen MR) is 108 cm³/mol. The summed E-state index contributed by atoms with van der Waals surface area (Å²) in [6.45, 7) is 4.48. The molecule has 3 aromatic rings. The fourth-order valence-corrected chi connectivity index (χ4v) is 3.61. The highest BCUT2D eigenvalue weighted by atomic mass is 16.5. The summed E-state index contributed by atoms with van der Waals surface area (Å²) in [6, 6.07) is 9.81. The number of nitrogens with one attached hydrogen (secondary N) is 1. The Balaban J connectivity index is 1.39. The molecule has 0 saturated carbocycles. The fourth-order valence-electron chi connectivity index (χ4n) is 3.61.